The van der Waals surface area contributed by atoms with Gasteiger partial charge in [-0.05, 0) is 37.5 Å². The van der Waals surface area contributed by atoms with Crippen molar-refractivity contribution in [2.45, 2.75) is 19.9 Å². The van der Waals surface area contributed by atoms with Gasteiger partial charge in [-0.3, -0.25) is 4.79 Å². The van der Waals surface area contributed by atoms with Gasteiger partial charge in [0.1, 0.15) is 0 Å². The average Bonchev–Trinajstić information content (AvgIpc) is 2.75. The Hall–Kier alpha value is -1.86. The largest absolute Gasteiger partial charge is 0.339 e. The molecular weight excluding hydrogens is 232 g/mol. The topological polar surface area (TPSA) is 42.0 Å². The predicted molar refractivity (Wildman–Crippen MR) is 69.6 cm³/mol. The molecule has 0 saturated carbocycles. The molecule has 0 radical (unpaired) electrons. The molecule has 86 valence electrons. The van der Waals surface area contributed by atoms with Crippen LogP contribution in [0.4, 0.5) is 0 Å². The number of amides is 1. The monoisotopic (exact) mass is 244 g/mol. The van der Waals surface area contributed by atoms with Crippen LogP contribution in [0.1, 0.15) is 25.5 Å². The molecule has 3 nitrogen and oxygen atoms in total. The number of aromatic nitrogens is 1. The van der Waals surface area contributed by atoms with Gasteiger partial charge in [0.25, 0.3) is 5.91 Å². The maximum Gasteiger partial charge on any atom is 0.296 e. The zero-order valence-corrected chi connectivity index (χ0v) is 10.5. The van der Waals surface area contributed by atoms with Crippen LogP contribution in [0.25, 0.3) is 10.2 Å². The number of fused-ring (bicyclic) bond motifs is 1. The molecular formula is C13H12N2OS. The summed E-state index contributed by atoms with van der Waals surface area (Å²) in [6.07, 6.45) is 0. The average molecular weight is 244 g/mol. The molecule has 1 aromatic heterocycles. The molecule has 0 aliphatic heterocycles. The molecule has 1 unspecified atom stereocenters. The fourth-order valence-corrected chi connectivity index (χ4v) is 2.30. The van der Waals surface area contributed by atoms with E-state index in [2.05, 4.69) is 28.2 Å². The summed E-state index contributed by atoms with van der Waals surface area (Å²) in [4.78, 5) is 15.6. The van der Waals surface area contributed by atoms with Crippen LogP contribution in [0.5, 0.6) is 0 Å². The zero-order valence-electron chi connectivity index (χ0n) is 9.65. The van der Waals surface area contributed by atoms with Crippen LogP contribution in [-0.2, 0) is 4.79 Å². The Bertz CT molecular complexity index is 606. The molecule has 0 spiro atoms. The molecule has 1 atom stereocenters. The molecule has 1 aromatic carbocycles. The highest BCUT2D eigenvalue weighted by atomic mass is 32.1. The van der Waals surface area contributed by atoms with Gasteiger partial charge in [0.05, 0.1) is 21.8 Å². The Morgan fingerprint density at radius 3 is 3.12 bits per heavy atom. The van der Waals surface area contributed by atoms with Crippen molar-refractivity contribution >= 4 is 27.5 Å². The number of hydrogen-bond acceptors (Lipinski definition) is 3. The van der Waals surface area contributed by atoms with E-state index in [0.717, 1.165) is 15.8 Å². The maximum atomic E-state index is 11.3. The smallest absolute Gasteiger partial charge is 0.296 e. The summed E-state index contributed by atoms with van der Waals surface area (Å²) in [5.41, 5.74) is 3.87. The highest BCUT2D eigenvalue weighted by Gasteiger charge is 2.08. The Morgan fingerprint density at radius 1 is 1.53 bits per heavy atom. The van der Waals surface area contributed by atoms with Gasteiger partial charge in [-0.2, -0.15) is 0 Å². The van der Waals surface area contributed by atoms with Crippen LogP contribution in [0.3, 0.4) is 0 Å². The predicted octanol–water partition coefficient (Wildman–Crippen LogP) is 2.50. The van der Waals surface area contributed by atoms with Gasteiger partial charge in [0, 0.05) is 0 Å². The first-order valence-corrected chi connectivity index (χ1v) is 6.15. The number of nitrogens with zero attached hydrogens (tertiary/aromatic N) is 1. The number of carbonyl (C=O) groups is 1. The van der Waals surface area contributed by atoms with E-state index in [4.69, 9.17) is 0 Å². The highest BCUT2D eigenvalue weighted by molar-refractivity contribution is 7.16. The molecule has 0 aliphatic carbocycles. The first kappa shape index (κ1) is 11.6. The number of thiazole rings is 1. The van der Waals surface area contributed by atoms with Crippen molar-refractivity contribution in [2.24, 2.45) is 0 Å². The van der Waals surface area contributed by atoms with E-state index in [1.54, 1.807) is 18.3 Å². The minimum Gasteiger partial charge on any atom is -0.339 e. The van der Waals surface area contributed by atoms with Gasteiger partial charge in [0.2, 0.25) is 0 Å². The summed E-state index contributed by atoms with van der Waals surface area (Å²) < 4.78 is 1.13. The van der Waals surface area contributed by atoms with Crippen LogP contribution >= 0.6 is 11.3 Å². The summed E-state index contributed by atoms with van der Waals surface area (Å²) in [6, 6.07) is 5.95. The van der Waals surface area contributed by atoms with E-state index in [9.17, 15) is 4.79 Å². The fraction of sp³-hybridized carbons (Fsp3) is 0.231. The van der Waals surface area contributed by atoms with Crippen LogP contribution in [0.2, 0.25) is 0 Å². The van der Waals surface area contributed by atoms with Crippen molar-refractivity contribution in [1.82, 2.24) is 10.3 Å². The van der Waals surface area contributed by atoms with E-state index in [1.165, 1.54) is 0 Å². The van der Waals surface area contributed by atoms with Gasteiger partial charge >= 0.3 is 0 Å². The fourth-order valence-electron chi connectivity index (χ4n) is 1.57. The van der Waals surface area contributed by atoms with E-state index >= 15 is 0 Å². The zero-order chi connectivity index (χ0) is 12.3. The third-order valence-electron chi connectivity index (χ3n) is 2.44. The first-order valence-electron chi connectivity index (χ1n) is 5.27. The van der Waals surface area contributed by atoms with E-state index < -0.39 is 0 Å². The molecule has 2 aromatic rings. The lowest BCUT2D eigenvalue weighted by atomic mass is 10.1. The molecule has 0 bridgehead atoms. The second-order valence-electron chi connectivity index (χ2n) is 3.65. The van der Waals surface area contributed by atoms with Gasteiger partial charge in [0.15, 0.2) is 0 Å². The maximum absolute atomic E-state index is 11.3. The van der Waals surface area contributed by atoms with Gasteiger partial charge in [-0.1, -0.05) is 12.0 Å². The Balaban J connectivity index is 2.19. The molecule has 0 aliphatic rings. The van der Waals surface area contributed by atoms with Crippen LogP contribution < -0.4 is 5.32 Å². The lowest BCUT2D eigenvalue weighted by Gasteiger charge is -2.11. The van der Waals surface area contributed by atoms with Crippen molar-refractivity contribution in [2.75, 3.05) is 0 Å². The molecule has 17 heavy (non-hydrogen) atoms. The molecule has 1 N–H and O–H groups in total. The number of nitrogens with one attached hydrogen (secondary N) is 1. The molecule has 1 heterocycles. The van der Waals surface area contributed by atoms with Crippen LogP contribution in [0.15, 0.2) is 23.7 Å². The van der Waals surface area contributed by atoms with Gasteiger partial charge in [-0.25, -0.2) is 4.98 Å². The molecule has 4 heteroatoms. The lowest BCUT2D eigenvalue weighted by Crippen LogP contribution is -2.24. The van der Waals surface area contributed by atoms with Crippen LogP contribution in [-0.4, -0.2) is 10.9 Å². The molecule has 0 fully saturated rings. The van der Waals surface area contributed by atoms with Crippen molar-refractivity contribution in [3.8, 4) is 11.8 Å². The second-order valence-corrected chi connectivity index (χ2v) is 4.54. The second kappa shape index (κ2) is 4.98. The minimum atomic E-state index is -0.246. The number of rotatable bonds is 2. The summed E-state index contributed by atoms with van der Waals surface area (Å²) >= 11 is 1.60. The third-order valence-corrected chi connectivity index (χ3v) is 3.23. The Labute approximate surface area is 104 Å². The molecule has 2 rings (SSSR count). The molecule has 1 amide bonds. The lowest BCUT2D eigenvalue weighted by molar-refractivity contribution is -0.116. The van der Waals surface area contributed by atoms with Crippen molar-refractivity contribution in [1.29, 1.82) is 0 Å². The number of hydrogen-bond donors (Lipinski definition) is 1. The highest BCUT2D eigenvalue weighted by Crippen LogP contribution is 2.22. The van der Waals surface area contributed by atoms with Crippen molar-refractivity contribution < 1.29 is 4.79 Å². The SMILES string of the molecule is CC#CC(=O)NC(C)c1ccc2ncsc2c1. The summed E-state index contributed by atoms with van der Waals surface area (Å²) in [6.45, 7) is 3.59. The molecule has 0 saturated heterocycles. The van der Waals surface area contributed by atoms with Gasteiger partial charge < -0.3 is 5.32 Å². The summed E-state index contributed by atoms with van der Waals surface area (Å²) in [5, 5.41) is 2.83. The summed E-state index contributed by atoms with van der Waals surface area (Å²) in [5.74, 6) is 4.80. The van der Waals surface area contributed by atoms with E-state index in [0.29, 0.717) is 0 Å². The Morgan fingerprint density at radius 2 is 2.35 bits per heavy atom. The minimum absolute atomic E-state index is 0.0464. The third kappa shape index (κ3) is 2.63. The van der Waals surface area contributed by atoms with Crippen LogP contribution in [0, 0.1) is 11.8 Å². The quantitative estimate of drug-likeness (QED) is 0.825. The Kier molecular flexibility index (Phi) is 3.40. The van der Waals surface area contributed by atoms with Crippen molar-refractivity contribution in [3.05, 3.63) is 29.3 Å². The normalized spacial score (nSPS) is 11.6. The standard InChI is InChI=1S/C13H12N2OS/c1-3-4-13(16)15-9(2)10-5-6-11-12(7-10)17-8-14-11/h5-9H,1-2H3,(H,15,16). The van der Waals surface area contributed by atoms with E-state index in [-0.39, 0.29) is 11.9 Å². The van der Waals surface area contributed by atoms with Crippen molar-refractivity contribution in [3.63, 3.8) is 0 Å². The van der Waals surface area contributed by atoms with E-state index in [1.807, 2.05) is 24.6 Å². The number of benzene rings is 1. The van der Waals surface area contributed by atoms with Gasteiger partial charge in [-0.15, -0.1) is 11.3 Å². The summed E-state index contributed by atoms with van der Waals surface area (Å²) in [7, 11) is 0. The first-order chi connectivity index (χ1) is 8.20. The number of carbonyl (C=O) groups excluding carboxylic acids is 1.